The Balaban J connectivity index is 1.80. The van der Waals surface area contributed by atoms with E-state index in [1.807, 2.05) is 30.3 Å². The van der Waals surface area contributed by atoms with Crippen LogP contribution in [0.3, 0.4) is 0 Å². The normalized spacial score (nSPS) is 19.6. The van der Waals surface area contributed by atoms with Crippen molar-refractivity contribution in [2.45, 2.75) is 18.6 Å². The van der Waals surface area contributed by atoms with Gasteiger partial charge in [0.15, 0.2) is 0 Å². The SMILES string of the molecule is N#Cc1ccc(C(=O)N[C@@H]2c3ccccc3C[C@@H]2O)nc1. The Kier molecular flexibility index (Phi) is 3.38. The number of rotatable bonds is 2. The van der Waals surface area contributed by atoms with Crippen LogP contribution in [0.15, 0.2) is 42.6 Å². The van der Waals surface area contributed by atoms with Crippen molar-refractivity contribution in [2.24, 2.45) is 0 Å². The molecule has 0 saturated heterocycles. The monoisotopic (exact) mass is 279 g/mol. The summed E-state index contributed by atoms with van der Waals surface area (Å²) in [5.74, 6) is -0.361. The van der Waals surface area contributed by atoms with Gasteiger partial charge < -0.3 is 10.4 Å². The summed E-state index contributed by atoms with van der Waals surface area (Å²) in [5.41, 5.74) is 2.61. The molecule has 0 saturated carbocycles. The van der Waals surface area contributed by atoms with Crippen LogP contribution in [0.1, 0.15) is 33.2 Å². The first-order valence-corrected chi connectivity index (χ1v) is 6.62. The van der Waals surface area contributed by atoms with E-state index in [4.69, 9.17) is 5.26 Å². The zero-order valence-corrected chi connectivity index (χ0v) is 11.2. The summed E-state index contributed by atoms with van der Waals surface area (Å²) in [5, 5.41) is 21.6. The average Bonchev–Trinajstić information content (AvgIpc) is 2.83. The molecular formula is C16H13N3O2. The standard InChI is InChI=1S/C16H13N3O2/c17-8-10-5-6-13(18-9-10)16(21)19-15-12-4-2-1-3-11(12)7-14(15)20/h1-6,9,14-15,20H,7H2,(H,19,21)/t14-,15+/m0/s1. The number of nitriles is 1. The number of aromatic nitrogens is 1. The van der Waals surface area contributed by atoms with E-state index in [1.54, 1.807) is 6.07 Å². The van der Waals surface area contributed by atoms with Crippen LogP contribution in [0.25, 0.3) is 0 Å². The molecule has 2 atom stereocenters. The Labute approximate surface area is 121 Å². The third kappa shape index (κ3) is 2.49. The van der Waals surface area contributed by atoms with Crippen LogP contribution in [0.4, 0.5) is 0 Å². The lowest BCUT2D eigenvalue weighted by atomic mass is 10.1. The average molecular weight is 279 g/mol. The highest BCUT2D eigenvalue weighted by Gasteiger charge is 2.32. The van der Waals surface area contributed by atoms with Gasteiger partial charge in [0.2, 0.25) is 0 Å². The van der Waals surface area contributed by atoms with E-state index < -0.39 is 12.1 Å². The highest BCUT2D eigenvalue weighted by atomic mass is 16.3. The second-order valence-electron chi connectivity index (χ2n) is 4.97. The van der Waals surface area contributed by atoms with Crippen molar-refractivity contribution in [1.29, 1.82) is 5.26 Å². The Bertz CT molecular complexity index is 719. The molecule has 0 unspecified atom stereocenters. The highest BCUT2D eigenvalue weighted by molar-refractivity contribution is 5.92. The maximum absolute atomic E-state index is 12.2. The molecule has 1 aliphatic rings. The molecule has 2 aromatic rings. The highest BCUT2D eigenvalue weighted by Crippen LogP contribution is 2.31. The maximum Gasteiger partial charge on any atom is 0.270 e. The van der Waals surface area contributed by atoms with E-state index >= 15 is 0 Å². The topological polar surface area (TPSA) is 86.0 Å². The van der Waals surface area contributed by atoms with Crippen molar-refractivity contribution in [2.75, 3.05) is 0 Å². The summed E-state index contributed by atoms with van der Waals surface area (Å²) < 4.78 is 0. The Hall–Kier alpha value is -2.71. The second-order valence-corrected chi connectivity index (χ2v) is 4.97. The number of aliphatic hydroxyl groups is 1. The van der Waals surface area contributed by atoms with Crippen LogP contribution in [0.2, 0.25) is 0 Å². The molecule has 104 valence electrons. The molecule has 3 rings (SSSR count). The summed E-state index contributed by atoms with van der Waals surface area (Å²) in [4.78, 5) is 16.1. The fourth-order valence-electron chi connectivity index (χ4n) is 2.56. The number of carbonyl (C=O) groups is 1. The first kappa shape index (κ1) is 13.3. The molecular weight excluding hydrogens is 266 g/mol. The first-order chi connectivity index (χ1) is 10.2. The van der Waals surface area contributed by atoms with Crippen molar-refractivity contribution in [1.82, 2.24) is 10.3 Å². The molecule has 1 aromatic carbocycles. The minimum Gasteiger partial charge on any atom is -0.390 e. The predicted octanol–water partition coefficient (Wildman–Crippen LogP) is 1.34. The summed E-state index contributed by atoms with van der Waals surface area (Å²) in [7, 11) is 0. The van der Waals surface area contributed by atoms with E-state index in [0.29, 0.717) is 12.0 Å². The number of aliphatic hydroxyl groups excluding tert-OH is 1. The summed E-state index contributed by atoms with van der Waals surface area (Å²) >= 11 is 0. The van der Waals surface area contributed by atoms with Gasteiger partial charge in [-0.3, -0.25) is 4.79 Å². The van der Waals surface area contributed by atoms with Crippen molar-refractivity contribution in [3.05, 3.63) is 65.0 Å². The number of benzene rings is 1. The van der Waals surface area contributed by atoms with Gasteiger partial charge in [-0.1, -0.05) is 24.3 Å². The van der Waals surface area contributed by atoms with Crippen molar-refractivity contribution >= 4 is 5.91 Å². The number of amides is 1. The minimum atomic E-state index is -0.635. The maximum atomic E-state index is 12.2. The summed E-state index contributed by atoms with van der Waals surface area (Å²) in [6.07, 6.45) is 1.25. The zero-order chi connectivity index (χ0) is 14.8. The van der Waals surface area contributed by atoms with Crippen molar-refractivity contribution < 1.29 is 9.90 Å². The molecule has 0 fully saturated rings. The number of hydrogen-bond donors (Lipinski definition) is 2. The Morgan fingerprint density at radius 3 is 2.86 bits per heavy atom. The third-order valence-electron chi connectivity index (χ3n) is 3.62. The third-order valence-corrected chi connectivity index (χ3v) is 3.62. The number of fused-ring (bicyclic) bond motifs is 1. The number of pyridine rings is 1. The van der Waals surface area contributed by atoms with E-state index in [9.17, 15) is 9.90 Å². The Morgan fingerprint density at radius 2 is 2.14 bits per heavy atom. The van der Waals surface area contributed by atoms with Gasteiger partial charge in [0.1, 0.15) is 11.8 Å². The smallest absolute Gasteiger partial charge is 0.270 e. The second kappa shape index (κ2) is 5.35. The number of nitrogens with one attached hydrogen (secondary N) is 1. The quantitative estimate of drug-likeness (QED) is 0.868. The molecule has 1 aromatic heterocycles. The van der Waals surface area contributed by atoms with Crippen molar-refractivity contribution in [3.63, 3.8) is 0 Å². The molecule has 0 radical (unpaired) electrons. The Morgan fingerprint density at radius 1 is 1.33 bits per heavy atom. The van der Waals surface area contributed by atoms with Crippen LogP contribution in [-0.2, 0) is 6.42 Å². The van der Waals surface area contributed by atoms with Crippen LogP contribution in [0, 0.1) is 11.3 Å². The van der Waals surface area contributed by atoms with Crippen LogP contribution in [-0.4, -0.2) is 22.1 Å². The predicted molar refractivity (Wildman–Crippen MR) is 75.3 cm³/mol. The molecule has 1 amide bonds. The van der Waals surface area contributed by atoms with Gasteiger partial charge in [-0.25, -0.2) is 4.98 Å². The molecule has 5 heteroatoms. The van der Waals surface area contributed by atoms with Crippen LogP contribution < -0.4 is 5.32 Å². The molecule has 5 nitrogen and oxygen atoms in total. The fourth-order valence-corrected chi connectivity index (χ4v) is 2.56. The van der Waals surface area contributed by atoms with Gasteiger partial charge in [-0.2, -0.15) is 5.26 Å². The lowest BCUT2D eigenvalue weighted by molar-refractivity contribution is 0.0853. The number of hydrogen-bond acceptors (Lipinski definition) is 4. The van der Waals surface area contributed by atoms with Crippen LogP contribution in [0.5, 0.6) is 0 Å². The zero-order valence-electron chi connectivity index (χ0n) is 11.2. The molecule has 0 aliphatic heterocycles. The number of carbonyl (C=O) groups excluding carboxylic acids is 1. The van der Waals surface area contributed by atoms with E-state index in [-0.39, 0.29) is 11.6 Å². The van der Waals surface area contributed by atoms with E-state index in [2.05, 4.69) is 10.3 Å². The first-order valence-electron chi connectivity index (χ1n) is 6.62. The molecule has 21 heavy (non-hydrogen) atoms. The molecule has 0 spiro atoms. The van der Waals surface area contributed by atoms with Crippen LogP contribution >= 0.6 is 0 Å². The lowest BCUT2D eigenvalue weighted by Crippen LogP contribution is -2.34. The lowest BCUT2D eigenvalue weighted by Gasteiger charge is -2.17. The summed E-state index contributed by atoms with van der Waals surface area (Å²) in [6, 6.07) is 12.2. The summed E-state index contributed by atoms with van der Waals surface area (Å²) in [6.45, 7) is 0. The van der Waals surface area contributed by atoms with Gasteiger partial charge >= 0.3 is 0 Å². The van der Waals surface area contributed by atoms with Crippen molar-refractivity contribution in [3.8, 4) is 6.07 Å². The van der Waals surface area contributed by atoms with Gasteiger partial charge in [-0.15, -0.1) is 0 Å². The van der Waals surface area contributed by atoms with E-state index in [0.717, 1.165) is 11.1 Å². The van der Waals surface area contributed by atoms with E-state index in [1.165, 1.54) is 12.3 Å². The fraction of sp³-hybridized carbons (Fsp3) is 0.188. The molecule has 0 bridgehead atoms. The van der Waals surface area contributed by atoms with Gasteiger partial charge in [-0.05, 0) is 23.3 Å². The van der Waals surface area contributed by atoms with Gasteiger partial charge in [0.25, 0.3) is 5.91 Å². The molecule has 1 heterocycles. The molecule has 1 aliphatic carbocycles. The largest absolute Gasteiger partial charge is 0.390 e. The number of nitrogens with zero attached hydrogens (tertiary/aromatic N) is 2. The van der Waals surface area contributed by atoms with Gasteiger partial charge in [0.05, 0.1) is 17.7 Å². The van der Waals surface area contributed by atoms with Gasteiger partial charge in [0, 0.05) is 12.6 Å². The molecule has 2 N–H and O–H groups in total. The minimum absolute atomic E-state index is 0.227.